The van der Waals surface area contributed by atoms with Crippen LogP contribution in [0.15, 0.2) is 60.3 Å². The van der Waals surface area contributed by atoms with Crippen LogP contribution in [0.2, 0.25) is 5.02 Å². The third-order valence-electron chi connectivity index (χ3n) is 3.72. The summed E-state index contributed by atoms with van der Waals surface area (Å²) in [5, 5.41) is 14.6. The third kappa shape index (κ3) is 5.97. The maximum absolute atomic E-state index is 12.6. The average molecular weight is 387 g/mol. The average Bonchev–Trinajstić information content (AvgIpc) is 2.67. The maximum Gasteiger partial charge on any atom is 0.326 e. The molecular formula is C20H19ClN2O4. The predicted molar refractivity (Wildman–Crippen MR) is 103 cm³/mol. The van der Waals surface area contributed by atoms with Crippen molar-refractivity contribution in [3.8, 4) is 0 Å². The molecule has 0 saturated carbocycles. The minimum Gasteiger partial charge on any atom is -0.480 e. The quantitative estimate of drug-likeness (QED) is 0.637. The zero-order valence-corrected chi connectivity index (χ0v) is 15.4. The smallest absolute Gasteiger partial charge is 0.326 e. The molecule has 2 rings (SSSR count). The van der Waals surface area contributed by atoms with Crippen molar-refractivity contribution in [2.45, 2.75) is 19.4 Å². The highest BCUT2D eigenvalue weighted by molar-refractivity contribution is 6.30. The van der Waals surface area contributed by atoms with Gasteiger partial charge in [0, 0.05) is 10.6 Å². The number of carboxylic acid groups (broad SMARTS) is 1. The van der Waals surface area contributed by atoms with E-state index in [9.17, 15) is 14.4 Å². The van der Waals surface area contributed by atoms with Crippen molar-refractivity contribution < 1.29 is 19.5 Å². The second kappa shape index (κ2) is 9.54. The van der Waals surface area contributed by atoms with Gasteiger partial charge >= 0.3 is 5.97 Å². The molecule has 7 heteroatoms. The fourth-order valence-electron chi connectivity index (χ4n) is 2.24. The van der Waals surface area contributed by atoms with E-state index in [2.05, 4.69) is 10.6 Å². The minimum atomic E-state index is -1.15. The Hall–Kier alpha value is -3.12. The van der Waals surface area contributed by atoms with Gasteiger partial charge in [0.2, 0.25) is 0 Å². The normalized spacial score (nSPS) is 12.1. The van der Waals surface area contributed by atoms with Crippen molar-refractivity contribution in [2.24, 2.45) is 0 Å². The molecule has 2 aromatic rings. The molecule has 2 amide bonds. The number of carbonyl (C=O) groups is 3. The molecule has 0 heterocycles. The van der Waals surface area contributed by atoms with E-state index in [0.29, 0.717) is 16.1 Å². The largest absolute Gasteiger partial charge is 0.480 e. The Morgan fingerprint density at radius 2 is 1.70 bits per heavy atom. The number of rotatable bonds is 7. The maximum atomic E-state index is 12.6. The molecule has 0 aliphatic heterocycles. The first-order chi connectivity index (χ1) is 12.9. The minimum absolute atomic E-state index is 0.0640. The number of hydrogen-bond donors (Lipinski definition) is 3. The van der Waals surface area contributed by atoms with Gasteiger partial charge in [-0.3, -0.25) is 9.59 Å². The van der Waals surface area contributed by atoms with Crippen LogP contribution in [0.3, 0.4) is 0 Å². The lowest BCUT2D eigenvalue weighted by Crippen LogP contribution is -2.44. The first-order valence-electron chi connectivity index (χ1n) is 8.28. The SMILES string of the molecule is CC[C@@H](NC(=O)/C(=C/c1ccc(Cl)cc1)NC(=O)c1ccccc1)C(=O)O. The monoisotopic (exact) mass is 386 g/mol. The number of amides is 2. The lowest BCUT2D eigenvalue weighted by atomic mass is 10.1. The number of benzene rings is 2. The van der Waals surface area contributed by atoms with Crippen LogP contribution < -0.4 is 10.6 Å². The van der Waals surface area contributed by atoms with E-state index < -0.39 is 23.8 Å². The predicted octanol–water partition coefficient (Wildman–Crippen LogP) is 3.09. The van der Waals surface area contributed by atoms with Gasteiger partial charge in [-0.15, -0.1) is 0 Å². The summed E-state index contributed by atoms with van der Waals surface area (Å²) in [6.07, 6.45) is 1.67. The molecule has 27 heavy (non-hydrogen) atoms. The molecule has 0 bridgehead atoms. The van der Waals surface area contributed by atoms with Crippen molar-refractivity contribution in [3.05, 3.63) is 76.4 Å². The second-order valence-electron chi connectivity index (χ2n) is 5.70. The standard InChI is InChI=1S/C20H19ClN2O4/c1-2-16(20(26)27)22-19(25)17(12-13-8-10-15(21)11-9-13)23-18(24)14-6-4-3-5-7-14/h3-12,16H,2H2,1H3,(H,22,25)(H,23,24)(H,26,27)/b17-12-/t16-/m1/s1. The number of carbonyl (C=O) groups excluding carboxylic acids is 2. The van der Waals surface area contributed by atoms with Crippen LogP contribution in [-0.4, -0.2) is 28.9 Å². The zero-order valence-electron chi connectivity index (χ0n) is 14.6. The molecule has 6 nitrogen and oxygen atoms in total. The summed E-state index contributed by atoms with van der Waals surface area (Å²) in [4.78, 5) is 36.2. The van der Waals surface area contributed by atoms with E-state index in [4.69, 9.17) is 16.7 Å². The highest BCUT2D eigenvalue weighted by atomic mass is 35.5. The molecule has 1 atom stereocenters. The molecule has 3 N–H and O–H groups in total. The van der Waals surface area contributed by atoms with E-state index in [1.54, 1.807) is 61.5 Å². The van der Waals surface area contributed by atoms with Gasteiger partial charge in [0.05, 0.1) is 0 Å². The van der Waals surface area contributed by atoms with Gasteiger partial charge in [-0.05, 0) is 42.3 Å². The Morgan fingerprint density at radius 1 is 1.07 bits per heavy atom. The number of halogens is 1. The summed E-state index contributed by atoms with van der Waals surface area (Å²) in [6, 6.07) is 14.0. The number of aliphatic carboxylic acids is 1. The van der Waals surface area contributed by atoms with Gasteiger partial charge in [0.15, 0.2) is 0 Å². The molecule has 0 aromatic heterocycles. The summed E-state index contributed by atoms with van der Waals surface area (Å²) in [6.45, 7) is 1.64. The van der Waals surface area contributed by atoms with Gasteiger partial charge in [0.25, 0.3) is 11.8 Å². The Balaban J connectivity index is 2.30. The lowest BCUT2D eigenvalue weighted by molar-refractivity contribution is -0.141. The van der Waals surface area contributed by atoms with Crippen LogP contribution in [-0.2, 0) is 9.59 Å². The highest BCUT2D eigenvalue weighted by Gasteiger charge is 2.21. The summed E-state index contributed by atoms with van der Waals surface area (Å²) in [5.74, 6) is -2.32. The summed E-state index contributed by atoms with van der Waals surface area (Å²) < 4.78 is 0. The molecular weight excluding hydrogens is 368 g/mol. The Labute approximate surface area is 161 Å². The van der Waals surface area contributed by atoms with E-state index in [-0.39, 0.29) is 12.1 Å². The van der Waals surface area contributed by atoms with Gasteiger partial charge in [-0.2, -0.15) is 0 Å². The van der Waals surface area contributed by atoms with Crippen LogP contribution in [0.4, 0.5) is 0 Å². The molecule has 0 unspecified atom stereocenters. The van der Waals surface area contributed by atoms with Crippen LogP contribution >= 0.6 is 11.6 Å². The lowest BCUT2D eigenvalue weighted by Gasteiger charge is -2.15. The fraction of sp³-hybridized carbons (Fsp3) is 0.150. The van der Waals surface area contributed by atoms with Crippen LogP contribution in [0.5, 0.6) is 0 Å². The van der Waals surface area contributed by atoms with Gasteiger partial charge < -0.3 is 15.7 Å². The molecule has 0 aliphatic carbocycles. The highest BCUT2D eigenvalue weighted by Crippen LogP contribution is 2.13. The molecule has 140 valence electrons. The summed E-state index contributed by atoms with van der Waals surface area (Å²) in [5.41, 5.74) is 0.935. The van der Waals surface area contributed by atoms with Crippen molar-refractivity contribution in [3.63, 3.8) is 0 Å². The molecule has 0 spiro atoms. The van der Waals surface area contributed by atoms with Gasteiger partial charge in [-0.25, -0.2) is 4.79 Å². The Kier molecular flexibility index (Phi) is 7.14. The molecule has 2 aromatic carbocycles. The van der Waals surface area contributed by atoms with Crippen LogP contribution in [0.25, 0.3) is 6.08 Å². The summed E-state index contributed by atoms with van der Waals surface area (Å²) in [7, 11) is 0. The van der Waals surface area contributed by atoms with Crippen molar-refractivity contribution in [1.82, 2.24) is 10.6 Å². The van der Waals surface area contributed by atoms with E-state index in [1.165, 1.54) is 6.08 Å². The van der Waals surface area contributed by atoms with E-state index in [0.717, 1.165) is 0 Å². The Bertz CT molecular complexity index is 848. The molecule has 0 radical (unpaired) electrons. The zero-order chi connectivity index (χ0) is 19.8. The first-order valence-corrected chi connectivity index (χ1v) is 8.66. The molecule has 0 fully saturated rings. The fourth-order valence-corrected chi connectivity index (χ4v) is 2.37. The van der Waals surface area contributed by atoms with Gasteiger partial charge in [-0.1, -0.05) is 48.9 Å². The van der Waals surface area contributed by atoms with Gasteiger partial charge in [0.1, 0.15) is 11.7 Å². The van der Waals surface area contributed by atoms with E-state index in [1.807, 2.05) is 0 Å². The topological polar surface area (TPSA) is 95.5 Å². The third-order valence-corrected chi connectivity index (χ3v) is 3.97. The number of carboxylic acids is 1. The summed E-state index contributed by atoms with van der Waals surface area (Å²) >= 11 is 5.86. The van der Waals surface area contributed by atoms with E-state index >= 15 is 0 Å². The van der Waals surface area contributed by atoms with Crippen LogP contribution in [0.1, 0.15) is 29.3 Å². The number of nitrogens with one attached hydrogen (secondary N) is 2. The van der Waals surface area contributed by atoms with Crippen LogP contribution in [0, 0.1) is 0 Å². The number of hydrogen-bond acceptors (Lipinski definition) is 3. The Morgan fingerprint density at radius 3 is 2.26 bits per heavy atom. The van der Waals surface area contributed by atoms with Crippen molar-refractivity contribution in [2.75, 3.05) is 0 Å². The van der Waals surface area contributed by atoms with Crippen molar-refractivity contribution >= 4 is 35.5 Å². The molecule has 0 saturated heterocycles. The molecule has 0 aliphatic rings. The van der Waals surface area contributed by atoms with Crippen molar-refractivity contribution in [1.29, 1.82) is 0 Å². The first kappa shape index (κ1) is 20.2. The second-order valence-corrected chi connectivity index (χ2v) is 6.14.